The van der Waals surface area contributed by atoms with Gasteiger partial charge in [-0.25, -0.2) is 12.8 Å². The van der Waals surface area contributed by atoms with Crippen molar-refractivity contribution in [2.75, 3.05) is 5.73 Å². The fourth-order valence-corrected chi connectivity index (χ4v) is 3.27. The first-order valence-corrected chi connectivity index (χ1v) is 7.22. The molecule has 0 aliphatic rings. The molecule has 104 valence electrons. The van der Waals surface area contributed by atoms with Crippen molar-refractivity contribution in [1.29, 1.82) is 0 Å². The number of nitrogens with two attached hydrogens (primary N) is 1. The second kappa shape index (κ2) is 5.05. The van der Waals surface area contributed by atoms with E-state index in [-0.39, 0.29) is 16.1 Å². The van der Waals surface area contributed by atoms with Gasteiger partial charge in [-0.05, 0) is 31.2 Å². The van der Waals surface area contributed by atoms with Crippen molar-refractivity contribution in [2.24, 2.45) is 0 Å². The number of carbonyl (C=O) groups excluding carboxylic acids is 1. The average molecular weight is 293 g/mol. The molecule has 0 saturated heterocycles. The molecule has 2 rings (SSSR count). The Bertz CT molecular complexity index is 771. The van der Waals surface area contributed by atoms with Gasteiger partial charge < -0.3 is 5.73 Å². The van der Waals surface area contributed by atoms with Crippen molar-refractivity contribution in [2.45, 2.75) is 16.7 Å². The van der Waals surface area contributed by atoms with Gasteiger partial charge in [-0.2, -0.15) is 0 Å². The number of hydrogen-bond acceptors (Lipinski definition) is 4. The molecule has 0 unspecified atom stereocenters. The van der Waals surface area contributed by atoms with Gasteiger partial charge in [0.05, 0.1) is 15.5 Å². The average Bonchev–Trinajstić information content (AvgIpc) is 2.41. The Kier molecular flexibility index (Phi) is 3.59. The molecule has 0 radical (unpaired) electrons. The van der Waals surface area contributed by atoms with Crippen LogP contribution in [0.5, 0.6) is 0 Å². The van der Waals surface area contributed by atoms with Crippen LogP contribution < -0.4 is 5.73 Å². The van der Waals surface area contributed by atoms with E-state index in [1.165, 1.54) is 19.1 Å². The van der Waals surface area contributed by atoms with Gasteiger partial charge in [-0.1, -0.05) is 18.2 Å². The van der Waals surface area contributed by atoms with E-state index in [0.717, 1.165) is 12.1 Å². The summed E-state index contributed by atoms with van der Waals surface area (Å²) in [5, 5.41) is 0. The van der Waals surface area contributed by atoms with Crippen LogP contribution in [0.4, 0.5) is 10.1 Å². The fourth-order valence-electron chi connectivity index (χ4n) is 1.83. The molecule has 2 N–H and O–H groups in total. The van der Waals surface area contributed by atoms with Gasteiger partial charge in [0.1, 0.15) is 5.82 Å². The van der Waals surface area contributed by atoms with Gasteiger partial charge >= 0.3 is 0 Å². The number of rotatable bonds is 3. The maximum Gasteiger partial charge on any atom is 0.208 e. The van der Waals surface area contributed by atoms with Gasteiger partial charge in [0, 0.05) is 5.56 Å². The van der Waals surface area contributed by atoms with E-state index >= 15 is 0 Å². The lowest BCUT2D eigenvalue weighted by Gasteiger charge is -2.10. The molecule has 0 heterocycles. The van der Waals surface area contributed by atoms with Crippen molar-refractivity contribution < 1.29 is 17.6 Å². The summed E-state index contributed by atoms with van der Waals surface area (Å²) in [5.74, 6) is -1.31. The zero-order chi connectivity index (χ0) is 14.9. The van der Waals surface area contributed by atoms with E-state index in [1.807, 2.05) is 0 Å². The van der Waals surface area contributed by atoms with Crippen molar-refractivity contribution >= 4 is 21.3 Å². The van der Waals surface area contributed by atoms with Crippen LogP contribution >= 0.6 is 0 Å². The van der Waals surface area contributed by atoms with Crippen LogP contribution in [0.2, 0.25) is 0 Å². The molecule has 2 aromatic rings. The molecule has 0 aliphatic carbocycles. The molecule has 0 spiro atoms. The summed E-state index contributed by atoms with van der Waals surface area (Å²) in [5.41, 5.74) is 5.34. The molecule has 0 saturated carbocycles. The summed E-state index contributed by atoms with van der Waals surface area (Å²) in [6.45, 7) is 1.20. The molecule has 0 fully saturated rings. The maximum absolute atomic E-state index is 13.5. The Morgan fingerprint density at radius 1 is 1.15 bits per heavy atom. The highest BCUT2D eigenvalue weighted by Gasteiger charge is 2.24. The number of halogens is 1. The van der Waals surface area contributed by atoms with Crippen LogP contribution in [-0.2, 0) is 9.84 Å². The molecule has 0 aromatic heterocycles. The molecule has 20 heavy (non-hydrogen) atoms. The molecule has 6 heteroatoms. The predicted octanol–water partition coefficient (Wildman–Crippen LogP) is 2.44. The van der Waals surface area contributed by atoms with Crippen molar-refractivity contribution in [3.05, 3.63) is 53.8 Å². The maximum atomic E-state index is 13.5. The van der Waals surface area contributed by atoms with Gasteiger partial charge in [0.2, 0.25) is 9.84 Å². The summed E-state index contributed by atoms with van der Waals surface area (Å²) < 4.78 is 38.4. The second-order valence-corrected chi connectivity index (χ2v) is 6.16. The molecule has 0 amide bonds. The Labute approximate surface area is 116 Å². The van der Waals surface area contributed by atoms with E-state index < -0.39 is 26.3 Å². The molecule has 4 nitrogen and oxygen atoms in total. The third-order valence-corrected chi connectivity index (χ3v) is 4.64. The van der Waals surface area contributed by atoms with E-state index in [4.69, 9.17) is 5.73 Å². The first kappa shape index (κ1) is 14.2. The second-order valence-electron chi connectivity index (χ2n) is 4.24. The largest absolute Gasteiger partial charge is 0.397 e. The third-order valence-electron chi connectivity index (χ3n) is 2.83. The lowest BCUT2D eigenvalue weighted by Crippen LogP contribution is -2.10. The highest BCUT2D eigenvalue weighted by Crippen LogP contribution is 2.29. The summed E-state index contributed by atoms with van der Waals surface area (Å²) in [6, 6.07) is 9.28. The molecular formula is C14H12FNO3S. The molecule has 0 atom stereocenters. The zero-order valence-corrected chi connectivity index (χ0v) is 11.4. The summed E-state index contributed by atoms with van der Waals surface area (Å²) in [4.78, 5) is 11.0. The lowest BCUT2D eigenvalue weighted by molar-refractivity contribution is 0.101. The standard InChI is InChI=1S/C14H12FNO3S/c1-9(17)12-7-10(15)8-13(14(12)16)20(18,19)11-5-3-2-4-6-11/h2-8H,16H2,1H3. The first-order valence-electron chi connectivity index (χ1n) is 5.74. The smallest absolute Gasteiger partial charge is 0.208 e. The van der Waals surface area contributed by atoms with Crippen molar-refractivity contribution in [1.82, 2.24) is 0 Å². The number of nitrogen functional groups attached to an aromatic ring is 1. The van der Waals surface area contributed by atoms with E-state index in [0.29, 0.717) is 0 Å². The topological polar surface area (TPSA) is 77.2 Å². The monoisotopic (exact) mass is 293 g/mol. The van der Waals surface area contributed by atoms with Gasteiger partial charge in [0.25, 0.3) is 0 Å². The molecule has 0 bridgehead atoms. The Morgan fingerprint density at radius 2 is 1.75 bits per heavy atom. The Morgan fingerprint density at radius 3 is 2.30 bits per heavy atom. The summed E-state index contributed by atoms with van der Waals surface area (Å²) >= 11 is 0. The molecule has 2 aromatic carbocycles. The van der Waals surface area contributed by atoms with E-state index in [1.54, 1.807) is 18.2 Å². The van der Waals surface area contributed by atoms with Crippen LogP contribution in [0.3, 0.4) is 0 Å². The van der Waals surface area contributed by atoms with Crippen LogP contribution in [0.15, 0.2) is 52.3 Å². The van der Waals surface area contributed by atoms with Crippen LogP contribution in [0.25, 0.3) is 0 Å². The Balaban J connectivity index is 2.73. The minimum atomic E-state index is -3.97. The number of sulfone groups is 1. The number of Topliss-reactive ketones (excluding diaryl/α,β-unsaturated/α-hetero) is 1. The predicted molar refractivity (Wildman–Crippen MR) is 72.7 cm³/mol. The number of ketones is 1. The zero-order valence-electron chi connectivity index (χ0n) is 10.6. The number of carbonyl (C=O) groups is 1. The SMILES string of the molecule is CC(=O)c1cc(F)cc(S(=O)(=O)c2ccccc2)c1N. The van der Waals surface area contributed by atoms with Crippen LogP contribution in [0, 0.1) is 5.82 Å². The van der Waals surface area contributed by atoms with Crippen LogP contribution in [0.1, 0.15) is 17.3 Å². The van der Waals surface area contributed by atoms with E-state index in [9.17, 15) is 17.6 Å². The first-order chi connectivity index (χ1) is 9.34. The minimum absolute atomic E-state index is 0.00759. The normalized spacial score (nSPS) is 11.3. The lowest BCUT2D eigenvalue weighted by atomic mass is 10.1. The quantitative estimate of drug-likeness (QED) is 0.696. The summed E-state index contributed by atoms with van der Waals surface area (Å²) in [7, 11) is -3.97. The van der Waals surface area contributed by atoms with E-state index in [2.05, 4.69) is 0 Å². The summed E-state index contributed by atoms with van der Waals surface area (Å²) in [6.07, 6.45) is 0. The van der Waals surface area contributed by atoms with Crippen molar-refractivity contribution in [3.63, 3.8) is 0 Å². The highest BCUT2D eigenvalue weighted by atomic mass is 32.2. The third kappa shape index (κ3) is 2.42. The number of anilines is 1. The molecular weight excluding hydrogens is 281 g/mol. The minimum Gasteiger partial charge on any atom is -0.397 e. The number of hydrogen-bond donors (Lipinski definition) is 1. The van der Waals surface area contributed by atoms with Crippen LogP contribution in [-0.4, -0.2) is 14.2 Å². The fraction of sp³-hybridized carbons (Fsp3) is 0.0714. The molecule has 0 aliphatic heterocycles. The number of benzene rings is 2. The van der Waals surface area contributed by atoms with Gasteiger partial charge in [-0.3, -0.25) is 4.79 Å². The van der Waals surface area contributed by atoms with Crippen molar-refractivity contribution in [3.8, 4) is 0 Å². The van der Waals surface area contributed by atoms with Gasteiger partial charge in [0.15, 0.2) is 5.78 Å². The van der Waals surface area contributed by atoms with Gasteiger partial charge in [-0.15, -0.1) is 0 Å². The Hall–Kier alpha value is -2.21. The highest BCUT2D eigenvalue weighted by molar-refractivity contribution is 7.91.